The summed E-state index contributed by atoms with van der Waals surface area (Å²) < 4.78 is 24.5. The van der Waals surface area contributed by atoms with E-state index in [1.54, 1.807) is 0 Å². The van der Waals surface area contributed by atoms with Crippen molar-refractivity contribution >= 4 is 6.29 Å². The summed E-state index contributed by atoms with van der Waals surface area (Å²) in [6.07, 6.45) is -2.51. The highest BCUT2D eigenvalue weighted by Gasteiger charge is 2.34. The van der Waals surface area contributed by atoms with Gasteiger partial charge in [-0.15, -0.1) is 0 Å². The third-order valence-electron chi connectivity index (χ3n) is 1.84. The summed E-state index contributed by atoms with van der Waals surface area (Å²) in [7, 11) is 0. The van der Waals surface area contributed by atoms with Gasteiger partial charge in [0, 0.05) is 11.1 Å². The molecule has 1 aromatic rings. The number of benzene rings is 1. The molecule has 0 bridgehead atoms. The molecule has 0 aliphatic heterocycles. The molecule has 1 aromatic carbocycles. The molecule has 3 N–H and O–H groups in total. The lowest BCUT2D eigenvalue weighted by atomic mass is 10.0. The van der Waals surface area contributed by atoms with Crippen LogP contribution in [0.25, 0.3) is 0 Å². The zero-order valence-electron chi connectivity index (χ0n) is 7.15. The van der Waals surface area contributed by atoms with E-state index in [0.717, 1.165) is 0 Å². The van der Waals surface area contributed by atoms with E-state index in [-0.39, 0.29) is 5.56 Å². The van der Waals surface area contributed by atoms with Gasteiger partial charge in [0.25, 0.3) is 6.43 Å². The van der Waals surface area contributed by atoms with Crippen LogP contribution >= 0.6 is 0 Å². The van der Waals surface area contributed by atoms with E-state index in [9.17, 15) is 13.6 Å². The van der Waals surface area contributed by atoms with Crippen LogP contribution in [0.5, 0.6) is 0 Å². The first-order chi connectivity index (χ1) is 6.48. The van der Waals surface area contributed by atoms with E-state index in [2.05, 4.69) is 0 Å². The Labute approximate surface area is 79.2 Å². The normalized spacial score (nSPS) is 15.2. The van der Waals surface area contributed by atoms with Gasteiger partial charge in [0.05, 0.1) is 0 Å². The molecule has 0 amide bonds. The molecule has 0 aliphatic rings. The molecule has 1 rings (SSSR count). The fourth-order valence-electron chi connectivity index (χ4n) is 0.955. The first kappa shape index (κ1) is 10.7. The van der Waals surface area contributed by atoms with Crippen LogP contribution in [0, 0.1) is 0 Å². The summed E-state index contributed by atoms with van der Waals surface area (Å²) in [5.41, 5.74) is 2.53. The third kappa shape index (κ3) is 1.94. The molecule has 76 valence electrons. The van der Waals surface area contributed by atoms with Crippen LogP contribution in [0.1, 0.15) is 15.9 Å². The first-order valence-corrected chi connectivity index (χ1v) is 3.83. The Morgan fingerprint density at radius 2 is 1.86 bits per heavy atom. The summed E-state index contributed by atoms with van der Waals surface area (Å²) in [5, 5.41) is 9.17. The lowest BCUT2D eigenvalue weighted by Gasteiger charge is -2.22. The summed E-state index contributed by atoms with van der Waals surface area (Å²) in [5.74, 6) is 0. The van der Waals surface area contributed by atoms with Crippen molar-refractivity contribution in [3.8, 4) is 0 Å². The van der Waals surface area contributed by atoms with Gasteiger partial charge in [-0.25, -0.2) is 8.78 Å². The molecule has 5 heteroatoms. The highest BCUT2D eigenvalue weighted by molar-refractivity contribution is 5.74. The molecule has 0 aromatic heterocycles. The molecule has 0 fully saturated rings. The van der Waals surface area contributed by atoms with Gasteiger partial charge in [0.2, 0.25) is 5.72 Å². The Morgan fingerprint density at radius 3 is 2.21 bits per heavy atom. The van der Waals surface area contributed by atoms with Crippen molar-refractivity contribution in [2.45, 2.75) is 12.2 Å². The molecular weight excluding hydrogens is 192 g/mol. The van der Waals surface area contributed by atoms with Crippen molar-refractivity contribution < 1.29 is 18.7 Å². The zero-order chi connectivity index (χ0) is 10.8. The van der Waals surface area contributed by atoms with Crippen LogP contribution in [-0.4, -0.2) is 17.8 Å². The molecule has 1 atom stereocenters. The Bertz CT molecular complexity index is 322. The lowest BCUT2D eigenvalue weighted by molar-refractivity contribution is -0.0976. The predicted octanol–water partition coefficient (Wildman–Crippen LogP) is 0.868. The monoisotopic (exact) mass is 201 g/mol. The van der Waals surface area contributed by atoms with Gasteiger partial charge in [-0.3, -0.25) is 10.5 Å². The maximum Gasteiger partial charge on any atom is 0.284 e. The second kappa shape index (κ2) is 3.81. The molecule has 0 saturated carbocycles. The number of halogens is 2. The highest BCUT2D eigenvalue weighted by Crippen LogP contribution is 2.22. The third-order valence-corrected chi connectivity index (χ3v) is 1.84. The second-order valence-electron chi connectivity index (χ2n) is 2.87. The molecule has 3 nitrogen and oxygen atoms in total. The molecule has 0 unspecified atom stereocenters. The van der Waals surface area contributed by atoms with Crippen molar-refractivity contribution in [2.75, 3.05) is 0 Å². The standard InChI is InChI=1S/C9H9F2NO2/c10-8(11)9(12,14)7-3-1-6(5-13)2-4-7/h1-5,8,14H,12H2/t9-/m0/s1. The van der Waals surface area contributed by atoms with Crippen molar-refractivity contribution in [3.05, 3.63) is 35.4 Å². The van der Waals surface area contributed by atoms with Gasteiger partial charge >= 0.3 is 0 Å². The maximum absolute atomic E-state index is 12.2. The number of carbonyl (C=O) groups is 1. The minimum atomic E-state index is -3.08. The van der Waals surface area contributed by atoms with E-state index in [4.69, 9.17) is 10.8 Å². The summed E-state index contributed by atoms with van der Waals surface area (Å²) >= 11 is 0. The first-order valence-electron chi connectivity index (χ1n) is 3.83. The zero-order valence-corrected chi connectivity index (χ0v) is 7.15. The smallest absolute Gasteiger partial charge is 0.284 e. The van der Waals surface area contributed by atoms with Crippen LogP contribution < -0.4 is 5.73 Å². The van der Waals surface area contributed by atoms with Crippen LogP contribution in [-0.2, 0) is 5.72 Å². The van der Waals surface area contributed by atoms with Crippen LogP contribution in [0.3, 0.4) is 0 Å². The van der Waals surface area contributed by atoms with E-state index in [1.807, 2.05) is 0 Å². The summed E-state index contributed by atoms with van der Waals surface area (Å²) in [6, 6.07) is 5.00. The van der Waals surface area contributed by atoms with Crippen molar-refractivity contribution in [3.63, 3.8) is 0 Å². The van der Waals surface area contributed by atoms with Crippen LogP contribution in [0.2, 0.25) is 0 Å². The number of aliphatic hydroxyl groups is 1. The van der Waals surface area contributed by atoms with Crippen molar-refractivity contribution in [2.24, 2.45) is 5.73 Å². The van der Waals surface area contributed by atoms with E-state index >= 15 is 0 Å². The van der Waals surface area contributed by atoms with E-state index < -0.39 is 12.2 Å². The Kier molecular flexibility index (Phi) is 2.93. The summed E-state index contributed by atoms with van der Waals surface area (Å²) in [6.45, 7) is 0. The van der Waals surface area contributed by atoms with Crippen molar-refractivity contribution in [1.29, 1.82) is 0 Å². The fourth-order valence-corrected chi connectivity index (χ4v) is 0.955. The molecule has 0 saturated heterocycles. The average molecular weight is 201 g/mol. The topological polar surface area (TPSA) is 63.3 Å². The number of nitrogens with two attached hydrogens (primary N) is 1. The fraction of sp³-hybridized carbons (Fsp3) is 0.222. The largest absolute Gasteiger partial charge is 0.367 e. The molecule has 0 radical (unpaired) electrons. The van der Waals surface area contributed by atoms with Gasteiger partial charge in [-0.05, 0) is 0 Å². The molecule has 0 heterocycles. The number of hydrogen-bond donors (Lipinski definition) is 2. The predicted molar refractivity (Wildman–Crippen MR) is 45.9 cm³/mol. The lowest BCUT2D eigenvalue weighted by Crippen LogP contribution is -2.43. The SMILES string of the molecule is N[C@](O)(c1ccc(C=O)cc1)C(F)F. The van der Waals surface area contributed by atoms with Gasteiger partial charge < -0.3 is 5.11 Å². The Balaban J connectivity index is 3.02. The maximum atomic E-state index is 12.2. The number of rotatable bonds is 3. The molecule has 14 heavy (non-hydrogen) atoms. The van der Waals surface area contributed by atoms with Gasteiger partial charge in [-0.1, -0.05) is 24.3 Å². The molecular formula is C9H9F2NO2. The van der Waals surface area contributed by atoms with E-state index in [0.29, 0.717) is 11.8 Å². The number of aldehydes is 1. The van der Waals surface area contributed by atoms with Crippen molar-refractivity contribution in [1.82, 2.24) is 0 Å². The minimum Gasteiger partial charge on any atom is -0.367 e. The minimum absolute atomic E-state index is 0.127. The van der Waals surface area contributed by atoms with Crippen LogP contribution in [0.4, 0.5) is 8.78 Å². The van der Waals surface area contributed by atoms with E-state index in [1.165, 1.54) is 24.3 Å². The molecule has 0 aliphatic carbocycles. The average Bonchev–Trinajstić information content (AvgIpc) is 2.17. The molecule has 0 spiro atoms. The van der Waals surface area contributed by atoms with Gasteiger partial charge in [0.1, 0.15) is 6.29 Å². The number of alkyl halides is 2. The van der Waals surface area contributed by atoms with Crippen LogP contribution in [0.15, 0.2) is 24.3 Å². The second-order valence-corrected chi connectivity index (χ2v) is 2.87. The Hall–Kier alpha value is -1.33. The number of hydrogen-bond acceptors (Lipinski definition) is 3. The van der Waals surface area contributed by atoms with Gasteiger partial charge in [0.15, 0.2) is 0 Å². The number of carbonyl (C=O) groups excluding carboxylic acids is 1. The summed E-state index contributed by atoms with van der Waals surface area (Å²) in [4.78, 5) is 10.3. The quantitative estimate of drug-likeness (QED) is 0.563. The van der Waals surface area contributed by atoms with Gasteiger partial charge in [-0.2, -0.15) is 0 Å². The highest BCUT2D eigenvalue weighted by atomic mass is 19.3. The Morgan fingerprint density at radius 1 is 1.36 bits per heavy atom.